The first-order valence-corrected chi connectivity index (χ1v) is 7.10. The van der Waals surface area contributed by atoms with Gasteiger partial charge in [0.15, 0.2) is 5.78 Å². The summed E-state index contributed by atoms with van der Waals surface area (Å²) in [5, 5.41) is 12.8. The zero-order chi connectivity index (χ0) is 16.2. The van der Waals surface area contributed by atoms with Gasteiger partial charge in [-0.05, 0) is 34.5 Å². The maximum atomic E-state index is 12.2. The normalized spacial score (nSPS) is 11.0. The van der Waals surface area contributed by atoms with Crippen LogP contribution in [0.1, 0.15) is 15.9 Å². The standard InChI is InChI=1S/C19H13NO3/c21-19(16-8-11-17(12-9-16)20(22)23)13-10-15-6-3-5-14-4-1-2-7-18(14)15/h1-13H/b13-10-. The van der Waals surface area contributed by atoms with E-state index >= 15 is 0 Å². The Kier molecular flexibility index (Phi) is 3.97. The van der Waals surface area contributed by atoms with E-state index in [-0.39, 0.29) is 11.5 Å². The number of carbonyl (C=O) groups is 1. The minimum atomic E-state index is -0.486. The van der Waals surface area contributed by atoms with Gasteiger partial charge < -0.3 is 0 Å². The molecule has 0 aliphatic rings. The molecular formula is C19H13NO3. The van der Waals surface area contributed by atoms with E-state index in [1.54, 1.807) is 6.08 Å². The zero-order valence-electron chi connectivity index (χ0n) is 12.2. The minimum Gasteiger partial charge on any atom is -0.289 e. The molecule has 0 fully saturated rings. The predicted molar refractivity (Wildman–Crippen MR) is 90.4 cm³/mol. The molecule has 4 nitrogen and oxygen atoms in total. The number of benzene rings is 3. The van der Waals surface area contributed by atoms with Crippen LogP contribution < -0.4 is 0 Å². The van der Waals surface area contributed by atoms with Crippen molar-refractivity contribution >= 4 is 28.3 Å². The van der Waals surface area contributed by atoms with Crippen molar-refractivity contribution in [2.45, 2.75) is 0 Å². The molecule has 0 atom stereocenters. The lowest BCUT2D eigenvalue weighted by atomic mass is 10.0. The Morgan fingerprint density at radius 2 is 1.61 bits per heavy atom. The fraction of sp³-hybridized carbons (Fsp3) is 0. The molecule has 0 saturated heterocycles. The third-order valence-electron chi connectivity index (χ3n) is 3.60. The van der Waals surface area contributed by atoms with Gasteiger partial charge in [0, 0.05) is 17.7 Å². The number of nitro benzene ring substituents is 1. The lowest BCUT2D eigenvalue weighted by molar-refractivity contribution is -0.384. The summed E-state index contributed by atoms with van der Waals surface area (Å²) in [5.74, 6) is -0.187. The number of carbonyl (C=O) groups excluding carboxylic acids is 1. The van der Waals surface area contributed by atoms with E-state index in [1.807, 2.05) is 42.5 Å². The Labute approximate surface area is 132 Å². The summed E-state index contributed by atoms with van der Waals surface area (Å²) in [6.07, 6.45) is 3.26. The SMILES string of the molecule is O=C(/C=C\c1cccc2ccccc12)c1ccc([N+](=O)[O-])cc1. The number of fused-ring (bicyclic) bond motifs is 1. The number of ketones is 1. The van der Waals surface area contributed by atoms with Crippen molar-refractivity contribution in [1.29, 1.82) is 0 Å². The first-order valence-electron chi connectivity index (χ1n) is 7.10. The summed E-state index contributed by atoms with van der Waals surface area (Å²) in [7, 11) is 0. The fourth-order valence-corrected chi connectivity index (χ4v) is 2.40. The van der Waals surface area contributed by atoms with E-state index in [2.05, 4.69) is 0 Å². The largest absolute Gasteiger partial charge is 0.289 e. The number of hydrogen-bond donors (Lipinski definition) is 0. The van der Waals surface area contributed by atoms with Crippen molar-refractivity contribution in [3.8, 4) is 0 Å². The van der Waals surface area contributed by atoms with Crippen molar-refractivity contribution in [2.75, 3.05) is 0 Å². The van der Waals surface area contributed by atoms with Crippen LogP contribution in [0.15, 0.2) is 72.8 Å². The molecule has 3 aromatic rings. The highest BCUT2D eigenvalue weighted by atomic mass is 16.6. The number of rotatable bonds is 4. The van der Waals surface area contributed by atoms with Gasteiger partial charge in [-0.3, -0.25) is 14.9 Å². The smallest absolute Gasteiger partial charge is 0.269 e. The number of allylic oxidation sites excluding steroid dienone is 1. The van der Waals surface area contributed by atoms with Gasteiger partial charge in [-0.1, -0.05) is 48.5 Å². The van der Waals surface area contributed by atoms with Crippen LogP contribution in [0.2, 0.25) is 0 Å². The zero-order valence-corrected chi connectivity index (χ0v) is 12.2. The monoisotopic (exact) mass is 303 g/mol. The molecule has 0 aliphatic heterocycles. The van der Waals surface area contributed by atoms with Crippen LogP contribution in [-0.2, 0) is 0 Å². The Morgan fingerprint density at radius 1 is 0.913 bits per heavy atom. The molecule has 0 heterocycles. The van der Waals surface area contributed by atoms with Gasteiger partial charge >= 0.3 is 0 Å². The number of nitrogens with zero attached hydrogens (tertiary/aromatic N) is 1. The highest BCUT2D eigenvalue weighted by molar-refractivity contribution is 6.07. The molecule has 0 N–H and O–H groups in total. The van der Waals surface area contributed by atoms with Crippen LogP contribution in [0, 0.1) is 10.1 Å². The van der Waals surface area contributed by atoms with E-state index < -0.39 is 4.92 Å². The molecule has 0 aliphatic carbocycles. The second-order valence-electron chi connectivity index (χ2n) is 5.07. The fourth-order valence-electron chi connectivity index (χ4n) is 2.40. The van der Waals surface area contributed by atoms with Gasteiger partial charge in [-0.15, -0.1) is 0 Å². The molecule has 3 aromatic carbocycles. The van der Waals surface area contributed by atoms with E-state index in [0.29, 0.717) is 5.56 Å². The van der Waals surface area contributed by atoms with Gasteiger partial charge in [-0.25, -0.2) is 0 Å². The van der Waals surface area contributed by atoms with Crippen LogP contribution in [0.5, 0.6) is 0 Å². The van der Waals surface area contributed by atoms with Gasteiger partial charge in [0.1, 0.15) is 0 Å². The third kappa shape index (κ3) is 3.16. The molecule has 0 radical (unpaired) electrons. The number of hydrogen-bond acceptors (Lipinski definition) is 3. The molecule has 0 spiro atoms. The summed E-state index contributed by atoms with van der Waals surface area (Å²) in [6, 6.07) is 19.5. The molecule has 0 amide bonds. The van der Waals surface area contributed by atoms with Crippen molar-refractivity contribution in [3.05, 3.63) is 94.0 Å². The molecule has 0 saturated carbocycles. The molecular weight excluding hydrogens is 290 g/mol. The molecule has 0 unspecified atom stereocenters. The van der Waals surface area contributed by atoms with Crippen molar-refractivity contribution in [3.63, 3.8) is 0 Å². The summed E-state index contributed by atoms with van der Waals surface area (Å²) < 4.78 is 0. The average Bonchev–Trinajstić information content (AvgIpc) is 2.59. The quantitative estimate of drug-likeness (QED) is 0.305. The van der Waals surface area contributed by atoms with E-state index in [1.165, 1.54) is 30.3 Å². The summed E-state index contributed by atoms with van der Waals surface area (Å²) in [4.78, 5) is 22.3. The first-order chi connectivity index (χ1) is 11.1. The summed E-state index contributed by atoms with van der Waals surface area (Å²) in [6.45, 7) is 0. The third-order valence-corrected chi connectivity index (χ3v) is 3.60. The van der Waals surface area contributed by atoms with E-state index in [4.69, 9.17) is 0 Å². The minimum absolute atomic E-state index is 0.0282. The first kappa shape index (κ1) is 14.7. The molecule has 112 valence electrons. The molecule has 0 aromatic heterocycles. The molecule has 3 rings (SSSR count). The lowest BCUT2D eigenvalue weighted by Crippen LogP contribution is -1.95. The van der Waals surface area contributed by atoms with Gasteiger partial charge in [0.05, 0.1) is 4.92 Å². The van der Waals surface area contributed by atoms with Crippen molar-refractivity contribution in [1.82, 2.24) is 0 Å². The second-order valence-corrected chi connectivity index (χ2v) is 5.07. The Morgan fingerprint density at radius 3 is 2.35 bits per heavy atom. The van der Waals surface area contributed by atoms with Gasteiger partial charge in [0.2, 0.25) is 0 Å². The molecule has 0 bridgehead atoms. The Hall–Kier alpha value is -3.27. The van der Waals surface area contributed by atoms with Gasteiger partial charge in [0.25, 0.3) is 5.69 Å². The van der Waals surface area contributed by atoms with Crippen LogP contribution in [0.4, 0.5) is 5.69 Å². The van der Waals surface area contributed by atoms with Crippen molar-refractivity contribution < 1.29 is 9.72 Å². The molecule has 23 heavy (non-hydrogen) atoms. The Balaban J connectivity index is 1.86. The summed E-state index contributed by atoms with van der Waals surface area (Å²) >= 11 is 0. The predicted octanol–water partition coefficient (Wildman–Crippen LogP) is 4.64. The maximum Gasteiger partial charge on any atom is 0.269 e. The lowest BCUT2D eigenvalue weighted by Gasteiger charge is -2.01. The number of nitro groups is 1. The van der Waals surface area contributed by atoms with Crippen LogP contribution >= 0.6 is 0 Å². The molecule has 4 heteroatoms. The maximum absolute atomic E-state index is 12.2. The average molecular weight is 303 g/mol. The second kappa shape index (κ2) is 6.23. The highest BCUT2D eigenvalue weighted by Crippen LogP contribution is 2.20. The topological polar surface area (TPSA) is 60.2 Å². The summed E-state index contributed by atoms with van der Waals surface area (Å²) in [5.41, 5.74) is 1.35. The van der Waals surface area contributed by atoms with Gasteiger partial charge in [-0.2, -0.15) is 0 Å². The number of non-ortho nitro benzene ring substituents is 1. The van der Waals surface area contributed by atoms with Crippen LogP contribution in [0.25, 0.3) is 16.8 Å². The van der Waals surface area contributed by atoms with Crippen LogP contribution in [-0.4, -0.2) is 10.7 Å². The highest BCUT2D eigenvalue weighted by Gasteiger charge is 2.07. The van der Waals surface area contributed by atoms with Crippen molar-refractivity contribution in [2.24, 2.45) is 0 Å². The Bertz CT molecular complexity index is 906. The van der Waals surface area contributed by atoms with E-state index in [9.17, 15) is 14.9 Å². The van der Waals surface area contributed by atoms with Crippen LogP contribution in [0.3, 0.4) is 0 Å². The van der Waals surface area contributed by atoms with E-state index in [0.717, 1.165) is 16.3 Å².